The SMILES string of the molecule is Nc1ccc(Oc2cccc(CF)n2)cc1. The van der Waals surface area contributed by atoms with Crippen LogP contribution in [0.4, 0.5) is 10.1 Å². The van der Waals surface area contributed by atoms with E-state index in [-0.39, 0.29) is 0 Å². The van der Waals surface area contributed by atoms with Crippen LogP contribution in [0.15, 0.2) is 42.5 Å². The number of anilines is 1. The number of pyridine rings is 1. The largest absolute Gasteiger partial charge is 0.439 e. The van der Waals surface area contributed by atoms with Gasteiger partial charge in [-0.1, -0.05) is 6.07 Å². The fraction of sp³-hybridized carbons (Fsp3) is 0.0833. The van der Waals surface area contributed by atoms with Crippen molar-refractivity contribution in [2.24, 2.45) is 0 Å². The maximum atomic E-state index is 12.4. The van der Waals surface area contributed by atoms with Crippen molar-refractivity contribution < 1.29 is 9.13 Å². The number of halogens is 1. The van der Waals surface area contributed by atoms with E-state index < -0.39 is 6.67 Å². The Morgan fingerprint density at radius 3 is 2.56 bits per heavy atom. The van der Waals surface area contributed by atoms with E-state index in [9.17, 15) is 4.39 Å². The van der Waals surface area contributed by atoms with Crippen LogP contribution < -0.4 is 10.5 Å². The quantitative estimate of drug-likeness (QED) is 0.806. The van der Waals surface area contributed by atoms with Crippen LogP contribution in [0.5, 0.6) is 11.6 Å². The smallest absolute Gasteiger partial charge is 0.219 e. The van der Waals surface area contributed by atoms with Crippen LogP contribution in [0, 0.1) is 0 Å². The molecule has 0 atom stereocenters. The van der Waals surface area contributed by atoms with Gasteiger partial charge >= 0.3 is 0 Å². The molecule has 0 saturated heterocycles. The second-order valence-corrected chi connectivity index (χ2v) is 3.27. The van der Waals surface area contributed by atoms with Gasteiger partial charge in [0.05, 0.1) is 5.69 Å². The maximum Gasteiger partial charge on any atom is 0.219 e. The summed E-state index contributed by atoms with van der Waals surface area (Å²) in [6.45, 7) is -0.598. The number of nitrogen functional groups attached to an aromatic ring is 1. The predicted octanol–water partition coefficient (Wildman–Crippen LogP) is 2.93. The molecule has 2 aromatic rings. The monoisotopic (exact) mass is 218 g/mol. The molecule has 0 bridgehead atoms. The summed E-state index contributed by atoms with van der Waals surface area (Å²) in [5.41, 5.74) is 6.56. The Labute approximate surface area is 92.7 Å². The summed E-state index contributed by atoms with van der Waals surface area (Å²) in [6.07, 6.45) is 0. The number of aromatic nitrogens is 1. The summed E-state index contributed by atoms with van der Waals surface area (Å²) < 4.78 is 17.8. The van der Waals surface area contributed by atoms with E-state index in [1.807, 2.05) is 0 Å². The maximum absolute atomic E-state index is 12.4. The topological polar surface area (TPSA) is 48.1 Å². The van der Waals surface area contributed by atoms with Crippen LogP contribution in [0.1, 0.15) is 5.69 Å². The van der Waals surface area contributed by atoms with Crippen molar-refractivity contribution >= 4 is 5.69 Å². The third-order valence-electron chi connectivity index (χ3n) is 2.02. The van der Waals surface area contributed by atoms with E-state index in [2.05, 4.69) is 4.98 Å². The lowest BCUT2D eigenvalue weighted by Gasteiger charge is -2.05. The Balaban J connectivity index is 2.16. The highest BCUT2D eigenvalue weighted by Crippen LogP contribution is 2.20. The molecule has 0 saturated carbocycles. The Hall–Kier alpha value is -2.10. The minimum absolute atomic E-state index is 0.355. The van der Waals surface area contributed by atoms with Crippen molar-refractivity contribution in [1.29, 1.82) is 0 Å². The van der Waals surface area contributed by atoms with E-state index >= 15 is 0 Å². The van der Waals surface area contributed by atoms with Crippen molar-refractivity contribution in [2.45, 2.75) is 6.67 Å². The Morgan fingerprint density at radius 1 is 1.12 bits per heavy atom. The average molecular weight is 218 g/mol. The fourth-order valence-electron chi connectivity index (χ4n) is 1.25. The molecule has 0 radical (unpaired) electrons. The van der Waals surface area contributed by atoms with Crippen molar-refractivity contribution in [3.05, 3.63) is 48.2 Å². The number of rotatable bonds is 3. The molecule has 0 amide bonds. The molecule has 2 rings (SSSR count). The molecule has 0 aliphatic rings. The van der Waals surface area contributed by atoms with Gasteiger partial charge < -0.3 is 10.5 Å². The van der Waals surface area contributed by atoms with Crippen LogP contribution >= 0.6 is 0 Å². The summed E-state index contributed by atoms with van der Waals surface area (Å²) >= 11 is 0. The summed E-state index contributed by atoms with van der Waals surface area (Å²) in [5.74, 6) is 0.998. The Bertz CT molecular complexity index is 471. The van der Waals surface area contributed by atoms with E-state index in [1.54, 1.807) is 42.5 Å². The molecule has 0 aliphatic heterocycles. The number of hydrogen-bond acceptors (Lipinski definition) is 3. The van der Waals surface area contributed by atoms with Gasteiger partial charge in [0.15, 0.2) is 0 Å². The molecule has 0 fully saturated rings. The zero-order valence-corrected chi connectivity index (χ0v) is 8.56. The minimum Gasteiger partial charge on any atom is -0.439 e. The Kier molecular flexibility index (Phi) is 3.00. The molecule has 82 valence electrons. The first-order valence-electron chi connectivity index (χ1n) is 4.83. The van der Waals surface area contributed by atoms with Gasteiger partial charge in [-0.3, -0.25) is 0 Å². The van der Waals surface area contributed by atoms with Gasteiger partial charge in [-0.05, 0) is 30.3 Å². The van der Waals surface area contributed by atoms with Crippen LogP contribution in [-0.4, -0.2) is 4.98 Å². The molecule has 0 spiro atoms. The first kappa shape index (κ1) is 10.4. The van der Waals surface area contributed by atoms with Crippen molar-refractivity contribution in [2.75, 3.05) is 5.73 Å². The number of nitrogens with two attached hydrogens (primary N) is 1. The number of hydrogen-bond donors (Lipinski definition) is 1. The minimum atomic E-state index is -0.598. The van der Waals surface area contributed by atoms with Crippen LogP contribution in [0.25, 0.3) is 0 Å². The Morgan fingerprint density at radius 2 is 1.88 bits per heavy atom. The van der Waals surface area contributed by atoms with Crippen molar-refractivity contribution in [3.8, 4) is 11.6 Å². The lowest BCUT2D eigenvalue weighted by Crippen LogP contribution is -1.91. The van der Waals surface area contributed by atoms with E-state index in [0.29, 0.717) is 23.0 Å². The molecule has 1 aromatic heterocycles. The van der Waals surface area contributed by atoms with Gasteiger partial charge in [-0.2, -0.15) is 0 Å². The van der Waals surface area contributed by atoms with Crippen molar-refractivity contribution in [3.63, 3.8) is 0 Å². The molecular weight excluding hydrogens is 207 g/mol. The molecule has 1 aromatic carbocycles. The first-order valence-corrected chi connectivity index (χ1v) is 4.83. The number of benzene rings is 1. The zero-order valence-electron chi connectivity index (χ0n) is 8.56. The van der Waals surface area contributed by atoms with Gasteiger partial charge in [-0.25, -0.2) is 9.37 Å². The van der Waals surface area contributed by atoms with Gasteiger partial charge in [0.2, 0.25) is 5.88 Å². The predicted molar refractivity (Wildman–Crippen MR) is 60.0 cm³/mol. The van der Waals surface area contributed by atoms with Crippen LogP contribution in [0.3, 0.4) is 0 Å². The third kappa shape index (κ3) is 2.48. The highest BCUT2D eigenvalue weighted by Gasteiger charge is 2.00. The summed E-state index contributed by atoms with van der Waals surface area (Å²) in [7, 11) is 0. The van der Waals surface area contributed by atoms with Crippen LogP contribution in [-0.2, 0) is 6.67 Å². The summed E-state index contributed by atoms with van der Waals surface area (Å²) in [4.78, 5) is 3.98. The standard InChI is InChI=1S/C12H11FN2O/c13-8-10-2-1-3-12(15-10)16-11-6-4-9(14)5-7-11/h1-7H,8,14H2. The molecule has 4 heteroatoms. The molecule has 1 heterocycles. The van der Waals surface area contributed by atoms with Gasteiger partial charge in [0.25, 0.3) is 0 Å². The molecule has 3 nitrogen and oxygen atoms in total. The highest BCUT2D eigenvalue weighted by molar-refractivity contribution is 5.42. The fourth-order valence-corrected chi connectivity index (χ4v) is 1.25. The number of alkyl halides is 1. The van der Waals surface area contributed by atoms with E-state index in [4.69, 9.17) is 10.5 Å². The average Bonchev–Trinajstić information content (AvgIpc) is 2.32. The third-order valence-corrected chi connectivity index (χ3v) is 2.02. The molecule has 0 unspecified atom stereocenters. The van der Waals surface area contributed by atoms with Gasteiger partial charge in [0.1, 0.15) is 12.4 Å². The molecule has 0 aliphatic carbocycles. The first-order chi connectivity index (χ1) is 7.78. The summed E-state index contributed by atoms with van der Waals surface area (Å²) in [5, 5.41) is 0. The van der Waals surface area contributed by atoms with E-state index in [0.717, 1.165) is 0 Å². The molecule has 2 N–H and O–H groups in total. The molecular formula is C12H11FN2O. The van der Waals surface area contributed by atoms with Crippen LogP contribution in [0.2, 0.25) is 0 Å². The second-order valence-electron chi connectivity index (χ2n) is 3.27. The van der Waals surface area contributed by atoms with Gasteiger partial charge in [0, 0.05) is 11.8 Å². The van der Waals surface area contributed by atoms with Crippen molar-refractivity contribution in [1.82, 2.24) is 4.98 Å². The lowest BCUT2D eigenvalue weighted by atomic mass is 10.3. The summed E-state index contributed by atoms with van der Waals surface area (Å²) in [6, 6.07) is 11.9. The second kappa shape index (κ2) is 4.61. The molecule has 16 heavy (non-hydrogen) atoms. The lowest BCUT2D eigenvalue weighted by molar-refractivity contribution is 0.442. The highest BCUT2D eigenvalue weighted by atomic mass is 19.1. The normalized spacial score (nSPS) is 10.1. The van der Waals surface area contributed by atoms with Gasteiger partial charge in [-0.15, -0.1) is 0 Å². The van der Waals surface area contributed by atoms with E-state index in [1.165, 1.54) is 0 Å². The number of ether oxygens (including phenoxy) is 1. The number of nitrogens with zero attached hydrogens (tertiary/aromatic N) is 1. The zero-order chi connectivity index (χ0) is 11.4.